The van der Waals surface area contributed by atoms with Crippen molar-refractivity contribution in [3.8, 4) is 0 Å². The first-order chi connectivity index (χ1) is 12.8. The van der Waals surface area contributed by atoms with Gasteiger partial charge in [-0.2, -0.15) is 0 Å². The molecular formula is C21H22N2O4. The van der Waals surface area contributed by atoms with E-state index in [1.54, 1.807) is 0 Å². The smallest absolute Gasteiger partial charge is 0.275 e. The normalized spacial score (nSPS) is 13.5. The molecule has 27 heavy (non-hydrogen) atoms. The van der Waals surface area contributed by atoms with Crippen molar-refractivity contribution >= 4 is 23.4 Å². The Morgan fingerprint density at radius 2 is 1.48 bits per heavy atom. The van der Waals surface area contributed by atoms with Gasteiger partial charge in [0, 0.05) is 0 Å². The van der Waals surface area contributed by atoms with E-state index in [1.165, 1.54) is 28.6 Å². The monoisotopic (exact) mass is 366 g/mol. The molecule has 1 aliphatic rings. The fourth-order valence-corrected chi connectivity index (χ4v) is 3.51. The predicted octanol–water partition coefficient (Wildman–Crippen LogP) is 3.85. The summed E-state index contributed by atoms with van der Waals surface area (Å²) in [5.41, 5.74) is 4.06. The second-order valence-electron chi connectivity index (χ2n) is 7.21. The molecule has 3 amide bonds. The lowest BCUT2D eigenvalue weighted by Crippen LogP contribution is -2.32. The molecule has 0 saturated carbocycles. The number of nitrogens with zero attached hydrogens (tertiary/aromatic N) is 1. The molecule has 0 spiro atoms. The minimum atomic E-state index is -0.823. The van der Waals surface area contributed by atoms with E-state index in [-0.39, 0.29) is 28.5 Å². The molecule has 1 aliphatic heterocycles. The molecule has 0 atom stereocenters. The molecule has 0 aliphatic carbocycles. The van der Waals surface area contributed by atoms with Crippen molar-refractivity contribution in [2.45, 2.75) is 39.5 Å². The first-order valence-electron chi connectivity index (χ1n) is 8.88. The highest BCUT2D eigenvalue weighted by molar-refractivity contribution is 6.36. The van der Waals surface area contributed by atoms with Crippen LogP contribution in [0.15, 0.2) is 36.4 Å². The molecule has 0 bridgehead atoms. The summed E-state index contributed by atoms with van der Waals surface area (Å²) in [6.07, 6.45) is 0. The molecule has 0 aromatic heterocycles. The Labute approximate surface area is 157 Å². The lowest BCUT2D eigenvalue weighted by molar-refractivity contribution is 0.0702. The van der Waals surface area contributed by atoms with E-state index in [2.05, 4.69) is 0 Å². The number of anilines is 1. The maximum absolute atomic E-state index is 13.2. The van der Waals surface area contributed by atoms with Crippen LogP contribution in [0.4, 0.5) is 5.69 Å². The van der Waals surface area contributed by atoms with Gasteiger partial charge >= 0.3 is 0 Å². The Hall–Kier alpha value is -2.99. The summed E-state index contributed by atoms with van der Waals surface area (Å²) >= 11 is 0. The Bertz CT molecular complexity index is 921. The van der Waals surface area contributed by atoms with Gasteiger partial charge < -0.3 is 0 Å². The maximum Gasteiger partial charge on any atom is 0.275 e. The van der Waals surface area contributed by atoms with Crippen LogP contribution in [-0.2, 0) is 0 Å². The Morgan fingerprint density at radius 1 is 0.926 bits per heavy atom. The number of benzene rings is 2. The number of carbonyl (C=O) groups excluding carboxylic acids is 3. The van der Waals surface area contributed by atoms with Gasteiger partial charge in [-0.1, -0.05) is 52.0 Å². The predicted molar refractivity (Wildman–Crippen MR) is 101 cm³/mol. The SMILES string of the molecule is CC(C)c1cccc(C(C)C)c1N1C(=O)c2cccc(C(=O)NO)c2C1=O. The number of amides is 3. The number of para-hydroxylation sites is 1. The van der Waals surface area contributed by atoms with Crippen LogP contribution in [0.5, 0.6) is 0 Å². The Kier molecular flexibility index (Phi) is 4.85. The van der Waals surface area contributed by atoms with Crippen LogP contribution < -0.4 is 10.4 Å². The first kappa shape index (κ1) is 18.8. The third-order valence-corrected chi connectivity index (χ3v) is 4.83. The topological polar surface area (TPSA) is 86.7 Å². The zero-order chi connectivity index (χ0) is 19.9. The van der Waals surface area contributed by atoms with Crippen LogP contribution in [0.25, 0.3) is 0 Å². The summed E-state index contributed by atoms with van der Waals surface area (Å²) in [6, 6.07) is 10.2. The number of hydroxylamine groups is 1. The van der Waals surface area contributed by atoms with Crippen LogP contribution in [0, 0.1) is 0 Å². The molecule has 140 valence electrons. The second-order valence-corrected chi connectivity index (χ2v) is 7.21. The van der Waals surface area contributed by atoms with Gasteiger partial charge in [0.15, 0.2) is 0 Å². The number of hydrogen-bond donors (Lipinski definition) is 2. The highest BCUT2D eigenvalue weighted by atomic mass is 16.5. The largest absolute Gasteiger partial charge is 0.288 e. The number of fused-ring (bicyclic) bond motifs is 1. The van der Waals surface area contributed by atoms with Crippen LogP contribution in [0.2, 0.25) is 0 Å². The fraction of sp³-hybridized carbons (Fsp3) is 0.286. The summed E-state index contributed by atoms with van der Waals surface area (Å²) in [4.78, 5) is 39.5. The standard InChI is InChI=1S/C21H22N2O4/c1-11(2)13-7-5-8-14(12(3)4)18(13)23-20(25)16-10-6-9-15(19(24)22-27)17(16)21(23)26/h5-12,27H,1-4H3,(H,22,24). The number of hydrogen-bond acceptors (Lipinski definition) is 4. The van der Waals surface area contributed by atoms with Crippen LogP contribution >= 0.6 is 0 Å². The molecule has 0 radical (unpaired) electrons. The number of imide groups is 1. The van der Waals surface area contributed by atoms with Crippen molar-refractivity contribution in [3.05, 3.63) is 64.2 Å². The third kappa shape index (κ3) is 2.92. The third-order valence-electron chi connectivity index (χ3n) is 4.83. The summed E-state index contributed by atoms with van der Waals surface area (Å²) < 4.78 is 0. The quantitative estimate of drug-likeness (QED) is 0.489. The van der Waals surface area contributed by atoms with Crippen molar-refractivity contribution in [3.63, 3.8) is 0 Å². The summed E-state index contributed by atoms with van der Waals surface area (Å²) in [6.45, 7) is 8.02. The highest BCUT2D eigenvalue weighted by Crippen LogP contribution is 2.40. The van der Waals surface area contributed by atoms with Gasteiger partial charge in [-0.3, -0.25) is 19.6 Å². The first-order valence-corrected chi connectivity index (χ1v) is 8.88. The van der Waals surface area contributed by atoms with Crippen LogP contribution in [0.3, 0.4) is 0 Å². The summed E-state index contributed by atoms with van der Waals surface area (Å²) in [5.74, 6) is -1.63. The minimum absolute atomic E-state index is 0.0160. The van der Waals surface area contributed by atoms with Gasteiger partial charge in [0.05, 0.1) is 22.4 Å². The molecule has 0 saturated heterocycles. The van der Waals surface area contributed by atoms with Crippen molar-refractivity contribution in [1.29, 1.82) is 0 Å². The van der Waals surface area contributed by atoms with Gasteiger partial charge in [-0.05, 0) is 35.1 Å². The Balaban J connectivity index is 2.26. The lowest BCUT2D eigenvalue weighted by atomic mass is 9.92. The van der Waals surface area contributed by atoms with Crippen molar-refractivity contribution < 1.29 is 19.6 Å². The minimum Gasteiger partial charge on any atom is -0.288 e. The molecule has 2 N–H and O–H groups in total. The lowest BCUT2D eigenvalue weighted by Gasteiger charge is -2.25. The van der Waals surface area contributed by atoms with Crippen LogP contribution in [-0.4, -0.2) is 22.9 Å². The second kappa shape index (κ2) is 6.96. The maximum atomic E-state index is 13.2. The summed E-state index contributed by atoms with van der Waals surface area (Å²) in [7, 11) is 0. The number of rotatable bonds is 4. The van der Waals surface area contributed by atoms with Crippen molar-refractivity contribution in [2.75, 3.05) is 4.90 Å². The van der Waals surface area contributed by atoms with E-state index >= 15 is 0 Å². The molecular weight excluding hydrogens is 344 g/mol. The summed E-state index contributed by atoms with van der Waals surface area (Å²) in [5, 5.41) is 8.98. The van der Waals surface area contributed by atoms with E-state index in [1.807, 2.05) is 45.9 Å². The van der Waals surface area contributed by atoms with E-state index in [4.69, 9.17) is 5.21 Å². The number of carbonyl (C=O) groups is 3. The van der Waals surface area contributed by atoms with Gasteiger partial charge in [0.25, 0.3) is 17.7 Å². The van der Waals surface area contributed by atoms with Gasteiger partial charge in [-0.15, -0.1) is 0 Å². The highest BCUT2D eigenvalue weighted by Gasteiger charge is 2.41. The number of nitrogens with one attached hydrogen (secondary N) is 1. The average molecular weight is 366 g/mol. The van der Waals surface area contributed by atoms with Crippen LogP contribution in [0.1, 0.15) is 81.7 Å². The average Bonchev–Trinajstić information content (AvgIpc) is 2.90. The van der Waals surface area contributed by atoms with E-state index in [9.17, 15) is 14.4 Å². The zero-order valence-corrected chi connectivity index (χ0v) is 15.7. The van der Waals surface area contributed by atoms with Crippen molar-refractivity contribution in [1.82, 2.24) is 5.48 Å². The fourth-order valence-electron chi connectivity index (χ4n) is 3.51. The zero-order valence-electron chi connectivity index (χ0n) is 15.7. The molecule has 6 nitrogen and oxygen atoms in total. The van der Waals surface area contributed by atoms with Gasteiger partial charge in [0.1, 0.15) is 0 Å². The molecule has 3 rings (SSSR count). The van der Waals surface area contributed by atoms with E-state index in [0.29, 0.717) is 5.69 Å². The molecule has 2 aromatic carbocycles. The van der Waals surface area contributed by atoms with E-state index in [0.717, 1.165) is 11.1 Å². The molecule has 2 aromatic rings. The van der Waals surface area contributed by atoms with E-state index < -0.39 is 17.7 Å². The molecule has 0 unspecified atom stereocenters. The Morgan fingerprint density at radius 3 is 2.00 bits per heavy atom. The molecule has 0 fully saturated rings. The molecule has 6 heteroatoms. The molecule has 1 heterocycles. The van der Waals surface area contributed by atoms with Gasteiger partial charge in [0.2, 0.25) is 0 Å². The van der Waals surface area contributed by atoms with Crippen molar-refractivity contribution in [2.24, 2.45) is 0 Å². The van der Waals surface area contributed by atoms with Gasteiger partial charge in [-0.25, -0.2) is 10.4 Å².